The van der Waals surface area contributed by atoms with Crippen molar-refractivity contribution in [2.75, 3.05) is 5.73 Å². The number of amides is 1. The highest BCUT2D eigenvalue weighted by Gasteiger charge is 2.15. The van der Waals surface area contributed by atoms with Gasteiger partial charge in [0.15, 0.2) is 0 Å². The molecule has 13 heavy (non-hydrogen) atoms. The Bertz CT molecular complexity index is 337. The molecular weight excluding hydrogens is 168 g/mol. The Morgan fingerprint density at radius 2 is 2.23 bits per heavy atom. The maximum atomic E-state index is 10.8. The highest BCUT2D eigenvalue weighted by atomic mass is 16.1. The van der Waals surface area contributed by atoms with Crippen LogP contribution in [-0.2, 0) is 4.79 Å². The van der Waals surface area contributed by atoms with Crippen LogP contribution < -0.4 is 11.5 Å². The second-order valence-corrected chi connectivity index (χ2v) is 2.88. The second kappa shape index (κ2) is 3.38. The first-order chi connectivity index (χ1) is 6.02. The summed E-state index contributed by atoms with van der Waals surface area (Å²) in [6, 6.07) is 0. The fraction of sp³-hybridized carbons (Fsp3) is 0.375. The number of anilines is 1. The van der Waals surface area contributed by atoms with Crippen molar-refractivity contribution in [3.63, 3.8) is 0 Å². The predicted molar refractivity (Wildman–Crippen MR) is 48.8 cm³/mol. The maximum absolute atomic E-state index is 10.8. The first kappa shape index (κ1) is 9.44. The average Bonchev–Trinajstić information content (AvgIpc) is 2.03. The van der Waals surface area contributed by atoms with E-state index in [9.17, 15) is 4.79 Å². The zero-order chi connectivity index (χ0) is 10.0. The normalized spacial score (nSPS) is 12.5. The van der Waals surface area contributed by atoms with Gasteiger partial charge in [-0.2, -0.15) is 0 Å². The summed E-state index contributed by atoms with van der Waals surface area (Å²) in [5.41, 5.74) is 11.3. The highest BCUT2D eigenvalue weighted by molar-refractivity contribution is 5.82. The van der Waals surface area contributed by atoms with E-state index in [0.29, 0.717) is 17.2 Å². The van der Waals surface area contributed by atoms with Crippen molar-refractivity contribution in [2.24, 2.45) is 5.73 Å². The van der Waals surface area contributed by atoms with Gasteiger partial charge in [-0.3, -0.25) is 4.79 Å². The lowest BCUT2D eigenvalue weighted by atomic mass is 10.0. The lowest BCUT2D eigenvalue weighted by molar-refractivity contribution is -0.119. The van der Waals surface area contributed by atoms with E-state index >= 15 is 0 Å². The van der Waals surface area contributed by atoms with Crippen molar-refractivity contribution in [1.82, 2.24) is 9.97 Å². The van der Waals surface area contributed by atoms with Gasteiger partial charge >= 0.3 is 0 Å². The summed E-state index contributed by atoms with van der Waals surface area (Å²) >= 11 is 0. The van der Waals surface area contributed by atoms with Gasteiger partial charge in [-0.15, -0.1) is 0 Å². The molecule has 5 heteroatoms. The molecule has 1 unspecified atom stereocenters. The van der Waals surface area contributed by atoms with E-state index in [2.05, 4.69) is 9.97 Å². The zero-order valence-electron chi connectivity index (χ0n) is 7.61. The van der Waals surface area contributed by atoms with Crippen LogP contribution in [0, 0.1) is 6.92 Å². The topological polar surface area (TPSA) is 94.9 Å². The van der Waals surface area contributed by atoms with E-state index in [1.807, 2.05) is 0 Å². The molecule has 0 saturated heterocycles. The molecule has 1 rings (SSSR count). The number of nitrogen functional groups attached to an aromatic ring is 1. The number of nitrogens with two attached hydrogens (primary N) is 2. The second-order valence-electron chi connectivity index (χ2n) is 2.88. The van der Waals surface area contributed by atoms with Crippen molar-refractivity contribution in [3.8, 4) is 0 Å². The minimum absolute atomic E-state index is 0.318. The quantitative estimate of drug-likeness (QED) is 0.667. The summed E-state index contributed by atoms with van der Waals surface area (Å²) < 4.78 is 0. The molecule has 1 aromatic rings. The molecule has 0 spiro atoms. The summed E-state index contributed by atoms with van der Waals surface area (Å²) in [5, 5.41) is 0. The van der Waals surface area contributed by atoms with Gasteiger partial charge in [-0.25, -0.2) is 9.97 Å². The van der Waals surface area contributed by atoms with Gasteiger partial charge in [0, 0.05) is 11.8 Å². The Labute approximate surface area is 76.2 Å². The van der Waals surface area contributed by atoms with Crippen LogP contribution in [0.1, 0.15) is 24.2 Å². The Morgan fingerprint density at radius 1 is 1.62 bits per heavy atom. The maximum Gasteiger partial charge on any atom is 0.224 e. The van der Waals surface area contributed by atoms with Gasteiger partial charge in [0.25, 0.3) is 0 Å². The summed E-state index contributed by atoms with van der Waals surface area (Å²) in [6.45, 7) is 3.40. The van der Waals surface area contributed by atoms with Crippen LogP contribution in [0.15, 0.2) is 6.20 Å². The molecule has 70 valence electrons. The number of hydrogen-bond acceptors (Lipinski definition) is 4. The molecule has 4 N–H and O–H groups in total. The Balaban J connectivity index is 3.08. The van der Waals surface area contributed by atoms with E-state index in [4.69, 9.17) is 11.5 Å². The first-order valence-electron chi connectivity index (χ1n) is 3.90. The van der Waals surface area contributed by atoms with E-state index in [0.717, 1.165) is 0 Å². The molecule has 0 fully saturated rings. The van der Waals surface area contributed by atoms with E-state index in [1.165, 1.54) is 6.20 Å². The van der Waals surface area contributed by atoms with Gasteiger partial charge in [0.05, 0.1) is 5.92 Å². The molecule has 0 aromatic carbocycles. The van der Waals surface area contributed by atoms with Crippen LogP contribution >= 0.6 is 0 Å². The number of aromatic nitrogens is 2. The smallest absolute Gasteiger partial charge is 0.224 e. The molecule has 1 aromatic heterocycles. The van der Waals surface area contributed by atoms with Crippen molar-refractivity contribution in [3.05, 3.63) is 17.6 Å². The van der Waals surface area contributed by atoms with E-state index < -0.39 is 11.8 Å². The van der Waals surface area contributed by atoms with E-state index in [-0.39, 0.29) is 0 Å². The minimum atomic E-state index is -0.444. The number of nitrogens with zero attached hydrogens (tertiary/aromatic N) is 2. The zero-order valence-corrected chi connectivity index (χ0v) is 7.61. The number of hydrogen-bond donors (Lipinski definition) is 2. The molecule has 5 nitrogen and oxygen atoms in total. The van der Waals surface area contributed by atoms with Gasteiger partial charge in [0.1, 0.15) is 11.6 Å². The standard InChI is InChI=1S/C8H12N4O/c1-4(8(10)13)6-3-11-5(2)12-7(6)9/h3-4H,1-2H3,(H2,10,13)(H2,9,11,12). The number of aryl methyl sites for hydroxylation is 1. The van der Waals surface area contributed by atoms with Crippen LogP contribution in [0.25, 0.3) is 0 Å². The first-order valence-corrected chi connectivity index (χ1v) is 3.90. The number of carbonyl (C=O) groups excluding carboxylic acids is 1. The van der Waals surface area contributed by atoms with Crippen molar-refractivity contribution in [2.45, 2.75) is 19.8 Å². The lowest BCUT2D eigenvalue weighted by Gasteiger charge is -2.09. The molecule has 0 aliphatic heterocycles. The van der Waals surface area contributed by atoms with Gasteiger partial charge < -0.3 is 11.5 Å². The van der Waals surface area contributed by atoms with Gasteiger partial charge in [-0.05, 0) is 13.8 Å². The number of rotatable bonds is 2. The Morgan fingerprint density at radius 3 is 2.69 bits per heavy atom. The van der Waals surface area contributed by atoms with Crippen LogP contribution in [0.4, 0.5) is 5.82 Å². The van der Waals surface area contributed by atoms with E-state index in [1.54, 1.807) is 13.8 Å². The van der Waals surface area contributed by atoms with Gasteiger partial charge in [0.2, 0.25) is 5.91 Å². The highest BCUT2D eigenvalue weighted by Crippen LogP contribution is 2.18. The van der Waals surface area contributed by atoms with Crippen molar-refractivity contribution >= 4 is 11.7 Å². The van der Waals surface area contributed by atoms with Crippen LogP contribution in [0.5, 0.6) is 0 Å². The number of primary amides is 1. The third-order valence-corrected chi connectivity index (χ3v) is 1.86. The summed E-state index contributed by atoms with van der Waals surface area (Å²) in [4.78, 5) is 18.7. The summed E-state index contributed by atoms with van der Waals surface area (Å²) in [7, 11) is 0. The average molecular weight is 180 g/mol. The molecule has 0 aliphatic carbocycles. The fourth-order valence-corrected chi connectivity index (χ4v) is 0.984. The van der Waals surface area contributed by atoms with Crippen molar-refractivity contribution in [1.29, 1.82) is 0 Å². The Kier molecular flexibility index (Phi) is 2.46. The summed E-state index contributed by atoms with van der Waals surface area (Å²) in [5.74, 6) is 0.0245. The lowest BCUT2D eigenvalue weighted by Crippen LogP contribution is -2.20. The molecule has 0 saturated carbocycles. The molecule has 1 amide bonds. The molecule has 1 heterocycles. The van der Waals surface area contributed by atoms with Crippen LogP contribution in [0.3, 0.4) is 0 Å². The third kappa shape index (κ3) is 1.93. The van der Waals surface area contributed by atoms with Crippen LogP contribution in [0.2, 0.25) is 0 Å². The monoisotopic (exact) mass is 180 g/mol. The largest absolute Gasteiger partial charge is 0.383 e. The SMILES string of the molecule is Cc1ncc(C(C)C(N)=O)c(N)n1. The fourth-order valence-electron chi connectivity index (χ4n) is 0.984. The molecule has 0 radical (unpaired) electrons. The van der Waals surface area contributed by atoms with Crippen LogP contribution in [-0.4, -0.2) is 15.9 Å². The minimum Gasteiger partial charge on any atom is -0.383 e. The molecule has 0 bridgehead atoms. The summed E-state index contributed by atoms with van der Waals surface area (Å²) in [6.07, 6.45) is 1.53. The van der Waals surface area contributed by atoms with Gasteiger partial charge in [-0.1, -0.05) is 0 Å². The third-order valence-electron chi connectivity index (χ3n) is 1.86. The van der Waals surface area contributed by atoms with Crippen molar-refractivity contribution < 1.29 is 4.79 Å². The predicted octanol–water partition coefficient (Wildman–Crippen LogP) is -0.0440. The Hall–Kier alpha value is -1.65. The molecule has 0 aliphatic rings. The molecular formula is C8H12N4O. The molecule has 1 atom stereocenters. The number of carbonyl (C=O) groups is 1.